The van der Waals surface area contributed by atoms with E-state index in [0.717, 1.165) is 11.0 Å². The van der Waals surface area contributed by atoms with Gasteiger partial charge in [0.05, 0.1) is 10.6 Å². The monoisotopic (exact) mass is 445 g/mol. The van der Waals surface area contributed by atoms with Crippen molar-refractivity contribution in [2.75, 3.05) is 4.90 Å². The maximum atomic E-state index is 13.7. The van der Waals surface area contributed by atoms with Gasteiger partial charge < -0.3 is 9.52 Å². The molecule has 1 fully saturated rings. The second kappa shape index (κ2) is 7.63. The minimum Gasteiger partial charge on any atom is -0.507 e. The van der Waals surface area contributed by atoms with Gasteiger partial charge in [-0.15, -0.1) is 0 Å². The normalized spacial score (nSPS) is 18.3. The van der Waals surface area contributed by atoms with E-state index in [0.29, 0.717) is 16.3 Å². The number of Topliss-reactive ketones (excluding diaryl/α,β-unsaturated/α-hetero) is 1. The zero-order chi connectivity index (χ0) is 21.6. The van der Waals surface area contributed by atoms with E-state index in [2.05, 4.69) is 0 Å². The molecule has 4 rings (SSSR count). The summed E-state index contributed by atoms with van der Waals surface area (Å²) >= 11 is 11.8. The SMILES string of the molecule is Cc1ccc(C2/C(=C(/O)c3ccc(Cl)cc3)C(=O)C(=O)N2c2ccc(F)c(Cl)c2)o1. The molecular formula is C22H14Cl2FNO4. The van der Waals surface area contributed by atoms with Gasteiger partial charge in [0.15, 0.2) is 0 Å². The molecule has 2 heterocycles. The number of aliphatic hydroxyl groups excluding tert-OH is 1. The van der Waals surface area contributed by atoms with E-state index in [9.17, 15) is 19.1 Å². The molecule has 0 bridgehead atoms. The van der Waals surface area contributed by atoms with Crippen molar-refractivity contribution in [1.29, 1.82) is 0 Å². The van der Waals surface area contributed by atoms with Gasteiger partial charge >= 0.3 is 0 Å². The van der Waals surface area contributed by atoms with Gasteiger partial charge in [0, 0.05) is 16.3 Å². The van der Waals surface area contributed by atoms with Crippen LogP contribution in [-0.2, 0) is 9.59 Å². The minimum atomic E-state index is -1.06. The van der Waals surface area contributed by atoms with Crippen molar-refractivity contribution in [3.05, 3.63) is 93.1 Å². The zero-order valence-electron chi connectivity index (χ0n) is 15.5. The van der Waals surface area contributed by atoms with Crippen LogP contribution in [0.2, 0.25) is 10.0 Å². The molecule has 1 amide bonds. The van der Waals surface area contributed by atoms with Gasteiger partial charge in [-0.3, -0.25) is 14.5 Å². The summed E-state index contributed by atoms with van der Waals surface area (Å²) in [6, 6.07) is 12.1. The Morgan fingerprint density at radius 1 is 1.07 bits per heavy atom. The van der Waals surface area contributed by atoms with Crippen molar-refractivity contribution in [2.24, 2.45) is 0 Å². The predicted octanol–water partition coefficient (Wildman–Crippen LogP) is 5.66. The van der Waals surface area contributed by atoms with E-state index < -0.39 is 23.5 Å². The van der Waals surface area contributed by atoms with Crippen LogP contribution < -0.4 is 4.90 Å². The fourth-order valence-corrected chi connectivity index (χ4v) is 3.67. The molecule has 1 saturated heterocycles. The maximum absolute atomic E-state index is 13.7. The molecule has 0 spiro atoms. The number of halogens is 3. The summed E-state index contributed by atoms with van der Waals surface area (Å²) in [6.45, 7) is 1.71. The number of ketones is 1. The number of amides is 1. The standard InChI is InChI=1S/C22H14Cl2FNO4/c1-11-2-9-17(30-11)19-18(20(27)12-3-5-13(23)6-4-12)21(28)22(29)26(19)14-7-8-16(25)15(24)10-14/h2-10,19,27H,1H3/b20-18-. The van der Waals surface area contributed by atoms with Gasteiger partial charge in [-0.05, 0) is 61.5 Å². The first kappa shape index (κ1) is 20.2. The number of anilines is 1. The molecule has 1 aliphatic rings. The number of furan rings is 1. The first-order valence-corrected chi connectivity index (χ1v) is 9.62. The molecule has 1 aromatic heterocycles. The Kier molecular flexibility index (Phi) is 5.13. The van der Waals surface area contributed by atoms with Gasteiger partial charge in [0.25, 0.3) is 11.7 Å². The number of hydrogen-bond donors (Lipinski definition) is 1. The van der Waals surface area contributed by atoms with Crippen LogP contribution >= 0.6 is 23.2 Å². The molecule has 152 valence electrons. The lowest BCUT2D eigenvalue weighted by Crippen LogP contribution is -2.29. The van der Waals surface area contributed by atoms with E-state index in [-0.39, 0.29) is 27.8 Å². The Labute approximate surface area is 180 Å². The average Bonchev–Trinajstić information content (AvgIpc) is 3.25. The third-order valence-electron chi connectivity index (χ3n) is 4.77. The molecular weight excluding hydrogens is 432 g/mol. The number of carbonyl (C=O) groups excluding carboxylic acids is 2. The highest BCUT2D eigenvalue weighted by Crippen LogP contribution is 2.43. The summed E-state index contributed by atoms with van der Waals surface area (Å²) in [5.41, 5.74) is 0.345. The van der Waals surface area contributed by atoms with Gasteiger partial charge in [0.1, 0.15) is 29.1 Å². The van der Waals surface area contributed by atoms with Crippen molar-refractivity contribution in [2.45, 2.75) is 13.0 Å². The Bertz CT molecular complexity index is 1200. The first-order valence-electron chi connectivity index (χ1n) is 8.86. The highest BCUT2D eigenvalue weighted by molar-refractivity contribution is 6.51. The van der Waals surface area contributed by atoms with Crippen LogP contribution in [0.5, 0.6) is 0 Å². The molecule has 1 atom stereocenters. The van der Waals surface area contributed by atoms with Gasteiger partial charge in [-0.1, -0.05) is 23.2 Å². The molecule has 0 radical (unpaired) electrons. The van der Waals surface area contributed by atoms with Crippen molar-refractivity contribution in [3.63, 3.8) is 0 Å². The molecule has 0 aliphatic carbocycles. The van der Waals surface area contributed by atoms with Crippen LogP contribution in [0.25, 0.3) is 5.76 Å². The lowest BCUT2D eigenvalue weighted by Gasteiger charge is -2.23. The van der Waals surface area contributed by atoms with E-state index in [1.165, 1.54) is 24.3 Å². The summed E-state index contributed by atoms with van der Waals surface area (Å²) < 4.78 is 19.3. The first-order chi connectivity index (χ1) is 14.3. The summed E-state index contributed by atoms with van der Waals surface area (Å²) in [5, 5.41) is 11.2. The fourth-order valence-electron chi connectivity index (χ4n) is 3.37. The quantitative estimate of drug-likeness (QED) is 0.320. The molecule has 1 aliphatic heterocycles. The van der Waals surface area contributed by atoms with Gasteiger partial charge in [-0.25, -0.2) is 4.39 Å². The molecule has 5 nitrogen and oxygen atoms in total. The number of carbonyl (C=O) groups is 2. The largest absolute Gasteiger partial charge is 0.507 e. The molecule has 1 N–H and O–H groups in total. The summed E-state index contributed by atoms with van der Waals surface area (Å²) in [7, 11) is 0. The number of aliphatic hydroxyl groups is 1. The highest BCUT2D eigenvalue weighted by atomic mass is 35.5. The van der Waals surface area contributed by atoms with Crippen LogP contribution in [0, 0.1) is 12.7 Å². The van der Waals surface area contributed by atoms with Crippen LogP contribution in [-0.4, -0.2) is 16.8 Å². The second-order valence-corrected chi connectivity index (χ2v) is 7.57. The summed E-state index contributed by atoms with van der Waals surface area (Å²) in [4.78, 5) is 27.0. The molecule has 0 saturated carbocycles. The Hall–Kier alpha value is -3.09. The summed E-state index contributed by atoms with van der Waals surface area (Å²) in [6.07, 6.45) is 0. The molecule has 3 aromatic rings. The van der Waals surface area contributed by atoms with E-state index in [1.54, 1.807) is 31.2 Å². The summed E-state index contributed by atoms with van der Waals surface area (Å²) in [5.74, 6) is -2.01. The van der Waals surface area contributed by atoms with Crippen molar-refractivity contribution < 1.29 is 23.5 Å². The smallest absolute Gasteiger partial charge is 0.300 e. The van der Waals surface area contributed by atoms with Crippen molar-refractivity contribution in [1.82, 2.24) is 0 Å². The molecule has 1 unspecified atom stereocenters. The lowest BCUT2D eigenvalue weighted by atomic mass is 9.99. The topological polar surface area (TPSA) is 70.8 Å². The minimum absolute atomic E-state index is 0.155. The van der Waals surface area contributed by atoms with Gasteiger partial charge in [-0.2, -0.15) is 0 Å². The number of benzene rings is 2. The van der Waals surface area contributed by atoms with Crippen molar-refractivity contribution in [3.8, 4) is 0 Å². The molecule has 30 heavy (non-hydrogen) atoms. The van der Waals surface area contributed by atoms with Crippen LogP contribution in [0.4, 0.5) is 10.1 Å². The van der Waals surface area contributed by atoms with Crippen LogP contribution in [0.15, 0.2) is 64.6 Å². The van der Waals surface area contributed by atoms with Gasteiger partial charge in [0.2, 0.25) is 0 Å². The average molecular weight is 446 g/mol. The van der Waals surface area contributed by atoms with E-state index >= 15 is 0 Å². The lowest BCUT2D eigenvalue weighted by molar-refractivity contribution is -0.132. The Morgan fingerprint density at radius 3 is 2.37 bits per heavy atom. The molecule has 2 aromatic carbocycles. The second-order valence-electron chi connectivity index (χ2n) is 6.72. The Morgan fingerprint density at radius 2 is 1.77 bits per heavy atom. The number of nitrogens with zero attached hydrogens (tertiary/aromatic N) is 1. The van der Waals surface area contributed by atoms with Crippen LogP contribution in [0.1, 0.15) is 23.1 Å². The number of rotatable bonds is 3. The van der Waals surface area contributed by atoms with E-state index in [4.69, 9.17) is 27.6 Å². The predicted molar refractivity (Wildman–Crippen MR) is 111 cm³/mol. The van der Waals surface area contributed by atoms with Crippen molar-refractivity contribution >= 4 is 46.3 Å². The fraction of sp³-hybridized carbons (Fsp3) is 0.0909. The maximum Gasteiger partial charge on any atom is 0.300 e. The third kappa shape index (κ3) is 3.38. The Balaban J connectivity index is 1.94. The van der Waals surface area contributed by atoms with E-state index in [1.807, 2.05) is 0 Å². The number of hydrogen-bond acceptors (Lipinski definition) is 4. The third-order valence-corrected chi connectivity index (χ3v) is 5.32. The number of aryl methyl sites for hydroxylation is 1. The molecule has 8 heteroatoms. The van der Waals surface area contributed by atoms with Crippen LogP contribution in [0.3, 0.4) is 0 Å². The highest BCUT2D eigenvalue weighted by Gasteiger charge is 2.48. The zero-order valence-corrected chi connectivity index (χ0v) is 17.0.